The number of tetrazole rings is 1. The fourth-order valence-corrected chi connectivity index (χ4v) is 2.53. The van der Waals surface area contributed by atoms with Crippen molar-refractivity contribution < 1.29 is 9.53 Å². The third-order valence-electron chi connectivity index (χ3n) is 3.65. The smallest absolute Gasteiger partial charge is 0.331 e. The molecule has 3 rings (SSSR count). The van der Waals surface area contributed by atoms with Crippen molar-refractivity contribution in [3.63, 3.8) is 0 Å². The molecule has 6 nitrogen and oxygen atoms in total. The minimum Gasteiger partial charge on any atom is -0.464 e. The zero-order valence-corrected chi connectivity index (χ0v) is 13.4. The van der Waals surface area contributed by atoms with Gasteiger partial charge in [0, 0.05) is 12.0 Å². The minimum absolute atomic E-state index is 0.312. The zero-order chi connectivity index (χ0) is 16.8. The molecule has 1 aromatic heterocycles. The SMILES string of the molecule is CCOC(=O)C(Cc1ccccc1)n1nnnc1-c1ccccc1. The lowest BCUT2D eigenvalue weighted by molar-refractivity contribution is -0.147. The molecule has 122 valence electrons. The molecule has 0 spiro atoms. The summed E-state index contributed by atoms with van der Waals surface area (Å²) in [6.07, 6.45) is 0.463. The minimum atomic E-state index is -0.613. The van der Waals surface area contributed by atoms with Crippen LogP contribution in [0.1, 0.15) is 18.5 Å². The average molecular weight is 322 g/mol. The van der Waals surface area contributed by atoms with E-state index in [4.69, 9.17) is 4.74 Å². The van der Waals surface area contributed by atoms with Crippen LogP contribution in [0.25, 0.3) is 11.4 Å². The molecular weight excluding hydrogens is 304 g/mol. The first kappa shape index (κ1) is 15.9. The summed E-state index contributed by atoms with van der Waals surface area (Å²) < 4.78 is 6.78. The fraction of sp³-hybridized carbons (Fsp3) is 0.222. The topological polar surface area (TPSA) is 69.9 Å². The Morgan fingerprint density at radius 2 is 1.75 bits per heavy atom. The molecule has 2 aromatic carbocycles. The van der Waals surface area contributed by atoms with Gasteiger partial charge in [0.2, 0.25) is 0 Å². The third-order valence-corrected chi connectivity index (χ3v) is 3.65. The van der Waals surface area contributed by atoms with Crippen LogP contribution in [0.4, 0.5) is 0 Å². The number of aromatic nitrogens is 4. The van der Waals surface area contributed by atoms with Crippen LogP contribution in [0.15, 0.2) is 60.7 Å². The highest BCUT2D eigenvalue weighted by atomic mass is 16.5. The highest BCUT2D eigenvalue weighted by molar-refractivity contribution is 5.75. The lowest BCUT2D eigenvalue weighted by Crippen LogP contribution is -2.26. The van der Waals surface area contributed by atoms with Crippen molar-refractivity contribution in [1.82, 2.24) is 20.2 Å². The predicted octanol–water partition coefficient (Wildman–Crippen LogP) is 2.69. The molecule has 0 N–H and O–H groups in total. The molecule has 24 heavy (non-hydrogen) atoms. The van der Waals surface area contributed by atoms with E-state index in [1.165, 1.54) is 0 Å². The molecule has 0 radical (unpaired) electrons. The lowest BCUT2D eigenvalue weighted by atomic mass is 10.1. The van der Waals surface area contributed by atoms with Crippen LogP contribution in [-0.2, 0) is 16.0 Å². The van der Waals surface area contributed by atoms with E-state index in [1.807, 2.05) is 60.7 Å². The molecule has 0 amide bonds. The van der Waals surface area contributed by atoms with E-state index in [0.717, 1.165) is 11.1 Å². The molecule has 0 bridgehead atoms. The van der Waals surface area contributed by atoms with E-state index < -0.39 is 6.04 Å². The van der Waals surface area contributed by atoms with E-state index in [-0.39, 0.29) is 5.97 Å². The van der Waals surface area contributed by atoms with Crippen molar-refractivity contribution >= 4 is 5.97 Å². The largest absolute Gasteiger partial charge is 0.464 e. The molecule has 0 saturated heterocycles. The zero-order valence-electron chi connectivity index (χ0n) is 13.4. The summed E-state index contributed by atoms with van der Waals surface area (Å²) in [6.45, 7) is 2.10. The maximum absolute atomic E-state index is 12.5. The van der Waals surface area contributed by atoms with Gasteiger partial charge in [-0.2, -0.15) is 0 Å². The van der Waals surface area contributed by atoms with Crippen molar-refractivity contribution in [2.45, 2.75) is 19.4 Å². The Morgan fingerprint density at radius 1 is 1.08 bits per heavy atom. The van der Waals surface area contributed by atoms with Gasteiger partial charge in [-0.15, -0.1) is 5.10 Å². The van der Waals surface area contributed by atoms with Crippen LogP contribution in [-0.4, -0.2) is 32.8 Å². The van der Waals surface area contributed by atoms with Gasteiger partial charge in [0.25, 0.3) is 0 Å². The van der Waals surface area contributed by atoms with Crippen molar-refractivity contribution in [3.8, 4) is 11.4 Å². The third kappa shape index (κ3) is 3.48. The van der Waals surface area contributed by atoms with Gasteiger partial charge in [-0.3, -0.25) is 0 Å². The van der Waals surface area contributed by atoms with Gasteiger partial charge in [0.05, 0.1) is 6.61 Å². The highest BCUT2D eigenvalue weighted by Gasteiger charge is 2.27. The Morgan fingerprint density at radius 3 is 2.42 bits per heavy atom. The van der Waals surface area contributed by atoms with Gasteiger partial charge in [0.15, 0.2) is 11.9 Å². The van der Waals surface area contributed by atoms with E-state index in [9.17, 15) is 4.79 Å². The number of esters is 1. The number of hydrogen-bond donors (Lipinski definition) is 0. The molecule has 1 heterocycles. The van der Waals surface area contributed by atoms with Crippen LogP contribution in [0.3, 0.4) is 0 Å². The first-order valence-corrected chi connectivity index (χ1v) is 7.83. The van der Waals surface area contributed by atoms with Crippen molar-refractivity contribution in [2.24, 2.45) is 0 Å². The summed E-state index contributed by atoms with van der Waals surface area (Å²) in [5, 5.41) is 11.9. The maximum Gasteiger partial charge on any atom is 0.331 e. The summed E-state index contributed by atoms with van der Waals surface area (Å²) in [6, 6.07) is 18.7. The van der Waals surface area contributed by atoms with Gasteiger partial charge in [-0.25, -0.2) is 9.48 Å². The predicted molar refractivity (Wildman–Crippen MR) is 89.1 cm³/mol. The van der Waals surface area contributed by atoms with E-state index in [2.05, 4.69) is 15.5 Å². The Bertz CT molecular complexity index is 787. The van der Waals surface area contributed by atoms with Crippen LogP contribution >= 0.6 is 0 Å². The van der Waals surface area contributed by atoms with Crippen LogP contribution in [0, 0.1) is 0 Å². The number of ether oxygens (including phenoxy) is 1. The van der Waals surface area contributed by atoms with Crippen LogP contribution in [0.2, 0.25) is 0 Å². The Kier molecular flexibility index (Phi) is 4.96. The monoisotopic (exact) mass is 322 g/mol. The molecule has 3 aromatic rings. The number of benzene rings is 2. The number of carbonyl (C=O) groups excluding carboxylic acids is 1. The van der Waals surface area contributed by atoms with Gasteiger partial charge >= 0.3 is 5.97 Å². The van der Waals surface area contributed by atoms with Gasteiger partial charge in [-0.05, 0) is 22.9 Å². The quantitative estimate of drug-likeness (QED) is 0.653. The molecule has 1 atom stereocenters. The van der Waals surface area contributed by atoms with Crippen molar-refractivity contribution in [2.75, 3.05) is 6.61 Å². The summed E-state index contributed by atoms with van der Waals surface area (Å²) in [5.41, 5.74) is 1.87. The highest BCUT2D eigenvalue weighted by Crippen LogP contribution is 2.22. The molecule has 0 aliphatic rings. The molecule has 6 heteroatoms. The van der Waals surface area contributed by atoms with Gasteiger partial charge < -0.3 is 4.74 Å². The number of hydrogen-bond acceptors (Lipinski definition) is 5. The molecule has 0 saturated carbocycles. The summed E-state index contributed by atoms with van der Waals surface area (Å²) in [4.78, 5) is 12.5. The van der Waals surface area contributed by atoms with Crippen LogP contribution < -0.4 is 0 Å². The average Bonchev–Trinajstić information content (AvgIpc) is 3.11. The Labute approximate surface area is 140 Å². The van der Waals surface area contributed by atoms with Crippen molar-refractivity contribution in [1.29, 1.82) is 0 Å². The number of rotatable bonds is 6. The van der Waals surface area contributed by atoms with E-state index in [1.54, 1.807) is 11.6 Å². The van der Waals surface area contributed by atoms with Gasteiger partial charge in [0.1, 0.15) is 0 Å². The number of carbonyl (C=O) groups is 1. The van der Waals surface area contributed by atoms with E-state index in [0.29, 0.717) is 18.9 Å². The molecule has 1 unspecified atom stereocenters. The molecule has 0 fully saturated rings. The van der Waals surface area contributed by atoms with E-state index >= 15 is 0 Å². The Balaban J connectivity index is 1.97. The normalized spacial score (nSPS) is 11.9. The number of nitrogens with zero attached hydrogens (tertiary/aromatic N) is 4. The molecule has 0 aliphatic heterocycles. The lowest BCUT2D eigenvalue weighted by Gasteiger charge is -2.17. The second-order valence-electron chi connectivity index (χ2n) is 5.27. The Hall–Kier alpha value is -3.02. The molecular formula is C18H18N4O2. The maximum atomic E-state index is 12.5. The fourth-order valence-electron chi connectivity index (χ4n) is 2.53. The summed E-state index contributed by atoms with van der Waals surface area (Å²) >= 11 is 0. The first-order chi connectivity index (χ1) is 11.8. The van der Waals surface area contributed by atoms with Gasteiger partial charge in [-0.1, -0.05) is 60.7 Å². The van der Waals surface area contributed by atoms with Crippen LogP contribution in [0.5, 0.6) is 0 Å². The summed E-state index contributed by atoms with van der Waals surface area (Å²) in [7, 11) is 0. The second-order valence-corrected chi connectivity index (χ2v) is 5.27. The summed E-state index contributed by atoms with van der Waals surface area (Å²) in [5.74, 6) is 0.204. The molecule has 0 aliphatic carbocycles. The second kappa shape index (κ2) is 7.50. The first-order valence-electron chi connectivity index (χ1n) is 7.83. The standard InChI is InChI=1S/C18H18N4O2/c1-2-24-18(23)16(13-14-9-5-3-6-10-14)22-17(19-20-21-22)15-11-7-4-8-12-15/h3-12,16H,2,13H2,1H3. The van der Waals surface area contributed by atoms with Crippen molar-refractivity contribution in [3.05, 3.63) is 66.2 Å².